The first-order valence-electron chi connectivity index (χ1n) is 7.29. The van der Waals surface area contributed by atoms with Gasteiger partial charge in [-0.2, -0.15) is 0 Å². The van der Waals surface area contributed by atoms with Gasteiger partial charge in [0.1, 0.15) is 0 Å². The minimum absolute atomic E-state index is 0.0229. The summed E-state index contributed by atoms with van der Waals surface area (Å²) < 4.78 is 0. The molecule has 0 unspecified atom stereocenters. The highest BCUT2D eigenvalue weighted by atomic mass is 16.1. The molecule has 0 heterocycles. The third-order valence-electron chi connectivity index (χ3n) is 3.45. The Morgan fingerprint density at radius 2 is 1.86 bits per heavy atom. The molecule has 0 spiro atoms. The summed E-state index contributed by atoms with van der Waals surface area (Å²) >= 11 is 0. The van der Waals surface area contributed by atoms with Crippen molar-refractivity contribution in [1.29, 1.82) is 0 Å². The van der Waals surface area contributed by atoms with Gasteiger partial charge in [0.15, 0.2) is 0 Å². The lowest BCUT2D eigenvalue weighted by molar-refractivity contribution is -0.116. The monoisotopic (exact) mass is 282 g/mol. The number of hydrogen-bond donors (Lipinski definition) is 2. The fourth-order valence-electron chi connectivity index (χ4n) is 2.18. The van der Waals surface area contributed by atoms with Crippen LogP contribution in [0.25, 0.3) is 0 Å². The molecule has 2 aromatic rings. The summed E-state index contributed by atoms with van der Waals surface area (Å²) in [5, 5.41) is 2.92. The number of carbonyl (C=O) groups excluding carboxylic acids is 1. The van der Waals surface area contributed by atoms with Gasteiger partial charge in [0, 0.05) is 17.8 Å². The molecular formula is C18H22N2O. The van der Waals surface area contributed by atoms with E-state index in [-0.39, 0.29) is 5.91 Å². The van der Waals surface area contributed by atoms with Gasteiger partial charge in [-0.3, -0.25) is 4.79 Å². The minimum Gasteiger partial charge on any atom is -0.399 e. The Morgan fingerprint density at radius 1 is 1.14 bits per heavy atom. The van der Waals surface area contributed by atoms with Gasteiger partial charge in [0.05, 0.1) is 0 Å². The molecule has 0 radical (unpaired) electrons. The van der Waals surface area contributed by atoms with Crippen molar-refractivity contribution in [2.24, 2.45) is 0 Å². The lowest BCUT2D eigenvalue weighted by Gasteiger charge is -2.08. The summed E-state index contributed by atoms with van der Waals surface area (Å²) in [6, 6.07) is 15.7. The third-order valence-corrected chi connectivity index (χ3v) is 3.45. The molecular weight excluding hydrogens is 260 g/mol. The summed E-state index contributed by atoms with van der Waals surface area (Å²) in [6.45, 7) is 4.30. The summed E-state index contributed by atoms with van der Waals surface area (Å²) in [5.74, 6) is 0.521. The summed E-state index contributed by atoms with van der Waals surface area (Å²) in [4.78, 5) is 11.9. The van der Waals surface area contributed by atoms with Crippen molar-refractivity contribution >= 4 is 17.3 Å². The lowest BCUT2D eigenvalue weighted by atomic mass is 10.0. The number of nitrogens with two attached hydrogens (primary N) is 1. The topological polar surface area (TPSA) is 55.1 Å². The number of carbonyl (C=O) groups is 1. The van der Waals surface area contributed by atoms with E-state index < -0.39 is 0 Å². The van der Waals surface area contributed by atoms with Crippen molar-refractivity contribution in [3.05, 3.63) is 59.7 Å². The van der Waals surface area contributed by atoms with Crippen LogP contribution in [0, 0.1) is 0 Å². The van der Waals surface area contributed by atoms with E-state index in [1.54, 1.807) is 0 Å². The number of amides is 1. The van der Waals surface area contributed by atoms with Crippen LogP contribution in [-0.4, -0.2) is 5.91 Å². The molecule has 0 saturated heterocycles. The van der Waals surface area contributed by atoms with Crippen molar-refractivity contribution in [2.75, 3.05) is 11.1 Å². The maximum absolute atomic E-state index is 11.9. The van der Waals surface area contributed by atoms with Gasteiger partial charge in [-0.05, 0) is 47.7 Å². The molecule has 0 saturated carbocycles. The highest BCUT2D eigenvalue weighted by Gasteiger charge is 2.04. The number of benzene rings is 2. The van der Waals surface area contributed by atoms with E-state index >= 15 is 0 Å². The molecule has 3 N–H and O–H groups in total. The van der Waals surface area contributed by atoms with Gasteiger partial charge in [0.2, 0.25) is 5.91 Å². The molecule has 110 valence electrons. The van der Waals surface area contributed by atoms with Gasteiger partial charge in [-0.25, -0.2) is 0 Å². The summed E-state index contributed by atoms with van der Waals surface area (Å²) in [6.07, 6.45) is 1.15. The second-order valence-corrected chi connectivity index (χ2v) is 5.57. The van der Waals surface area contributed by atoms with Crippen LogP contribution in [0.3, 0.4) is 0 Å². The molecule has 0 atom stereocenters. The quantitative estimate of drug-likeness (QED) is 0.815. The van der Waals surface area contributed by atoms with Crippen LogP contribution < -0.4 is 11.1 Å². The Morgan fingerprint density at radius 3 is 2.48 bits per heavy atom. The Kier molecular flexibility index (Phi) is 4.99. The third kappa shape index (κ3) is 4.63. The predicted octanol–water partition coefficient (Wildman–Crippen LogP) is 3.96. The fraction of sp³-hybridized carbons (Fsp3) is 0.278. The fourth-order valence-corrected chi connectivity index (χ4v) is 2.18. The molecule has 2 aromatic carbocycles. The SMILES string of the molecule is CC(C)c1ccc(NC(=O)CCc2cccc(N)c2)cc1. The zero-order valence-electron chi connectivity index (χ0n) is 12.6. The van der Waals surface area contributed by atoms with Crippen molar-refractivity contribution < 1.29 is 4.79 Å². The van der Waals surface area contributed by atoms with E-state index in [1.165, 1.54) is 5.56 Å². The van der Waals surface area contributed by atoms with Crippen LogP contribution in [0.2, 0.25) is 0 Å². The molecule has 2 rings (SSSR count). The molecule has 0 bridgehead atoms. The van der Waals surface area contributed by atoms with Crippen molar-refractivity contribution in [3.8, 4) is 0 Å². The molecule has 3 heteroatoms. The van der Waals surface area contributed by atoms with Gasteiger partial charge in [-0.1, -0.05) is 38.1 Å². The number of rotatable bonds is 5. The van der Waals surface area contributed by atoms with E-state index in [2.05, 4.69) is 31.3 Å². The van der Waals surface area contributed by atoms with Crippen LogP contribution in [0.1, 0.15) is 37.3 Å². The van der Waals surface area contributed by atoms with Crippen LogP contribution in [-0.2, 0) is 11.2 Å². The molecule has 1 amide bonds. The molecule has 21 heavy (non-hydrogen) atoms. The molecule has 0 aliphatic rings. The summed E-state index contributed by atoms with van der Waals surface area (Å²) in [7, 11) is 0. The number of nitrogens with one attached hydrogen (secondary N) is 1. The van der Waals surface area contributed by atoms with Crippen LogP contribution in [0.5, 0.6) is 0 Å². The predicted molar refractivity (Wildman–Crippen MR) is 88.3 cm³/mol. The second kappa shape index (κ2) is 6.93. The van der Waals surface area contributed by atoms with Crippen molar-refractivity contribution in [3.63, 3.8) is 0 Å². The normalized spacial score (nSPS) is 10.6. The highest BCUT2D eigenvalue weighted by Crippen LogP contribution is 2.17. The average molecular weight is 282 g/mol. The number of aryl methyl sites for hydroxylation is 1. The Bertz CT molecular complexity index is 603. The van der Waals surface area contributed by atoms with E-state index in [0.29, 0.717) is 18.8 Å². The first-order valence-corrected chi connectivity index (χ1v) is 7.29. The highest BCUT2D eigenvalue weighted by molar-refractivity contribution is 5.90. The first-order chi connectivity index (χ1) is 10.0. The maximum atomic E-state index is 11.9. The maximum Gasteiger partial charge on any atom is 0.224 e. The average Bonchev–Trinajstić information content (AvgIpc) is 2.46. The Labute approximate surface area is 126 Å². The smallest absolute Gasteiger partial charge is 0.224 e. The van der Waals surface area contributed by atoms with Crippen molar-refractivity contribution in [1.82, 2.24) is 0 Å². The van der Waals surface area contributed by atoms with E-state index in [1.807, 2.05) is 36.4 Å². The largest absolute Gasteiger partial charge is 0.399 e. The zero-order valence-corrected chi connectivity index (χ0v) is 12.6. The first kappa shape index (κ1) is 15.1. The molecule has 0 aromatic heterocycles. The second-order valence-electron chi connectivity index (χ2n) is 5.57. The zero-order chi connectivity index (χ0) is 15.2. The summed E-state index contributed by atoms with van der Waals surface area (Å²) in [5.41, 5.74) is 9.66. The molecule has 0 aliphatic heterocycles. The standard InChI is InChI=1S/C18H22N2O/c1-13(2)15-7-9-17(10-8-15)20-18(21)11-6-14-4-3-5-16(19)12-14/h3-5,7-10,12-13H,6,11,19H2,1-2H3,(H,20,21). The van der Waals surface area contributed by atoms with E-state index in [4.69, 9.17) is 5.73 Å². The van der Waals surface area contributed by atoms with Gasteiger partial charge >= 0.3 is 0 Å². The number of nitrogen functional groups attached to an aromatic ring is 1. The van der Waals surface area contributed by atoms with Gasteiger partial charge < -0.3 is 11.1 Å². The molecule has 0 fully saturated rings. The molecule has 3 nitrogen and oxygen atoms in total. The Hall–Kier alpha value is -2.29. The minimum atomic E-state index is 0.0229. The van der Waals surface area contributed by atoms with Crippen LogP contribution in [0.15, 0.2) is 48.5 Å². The van der Waals surface area contributed by atoms with Gasteiger partial charge in [0.25, 0.3) is 0 Å². The van der Waals surface area contributed by atoms with E-state index in [9.17, 15) is 4.79 Å². The Balaban J connectivity index is 1.87. The number of anilines is 2. The van der Waals surface area contributed by atoms with E-state index in [0.717, 1.165) is 16.9 Å². The molecule has 0 aliphatic carbocycles. The van der Waals surface area contributed by atoms with Crippen LogP contribution >= 0.6 is 0 Å². The lowest BCUT2D eigenvalue weighted by Crippen LogP contribution is -2.12. The number of hydrogen-bond acceptors (Lipinski definition) is 2. The van der Waals surface area contributed by atoms with Crippen molar-refractivity contribution in [2.45, 2.75) is 32.6 Å². The van der Waals surface area contributed by atoms with Crippen LogP contribution in [0.4, 0.5) is 11.4 Å². The van der Waals surface area contributed by atoms with Gasteiger partial charge in [-0.15, -0.1) is 0 Å².